The number of hydrazone groups is 1. The van der Waals surface area contributed by atoms with E-state index in [9.17, 15) is 4.39 Å². The lowest BCUT2D eigenvalue weighted by Gasteiger charge is -2.17. The third kappa shape index (κ3) is 3.13. The van der Waals surface area contributed by atoms with Crippen molar-refractivity contribution >= 4 is 23.2 Å². The molecule has 2 heterocycles. The number of likely N-dealkylation sites (tertiary alicyclic amines) is 1. The number of nitrogens with zero attached hydrogens (tertiary/aromatic N) is 3. The largest absolute Gasteiger partial charge is 0.380 e. The van der Waals surface area contributed by atoms with E-state index in [1.54, 1.807) is 0 Å². The molecule has 7 heteroatoms. The molecule has 1 aliphatic heterocycles. The summed E-state index contributed by atoms with van der Waals surface area (Å²) in [5, 5.41) is 4.50. The average molecular weight is 267 g/mol. The zero-order chi connectivity index (χ0) is 13.0. The molecule has 1 saturated heterocycles. The molecule has 1 aromatic rings. The zero-order valence-corrected chi connectivity index (χ0v) is 10.6. The van der Waals surface area contributed by atoms with Gasteiger partial charge in [-0.3, -0.25) is 5.43 Å². The van der Waals surface area contributed by atoms with Gasteiger partial charge in [-0.25, -0.2) is 9.37 Å². The summed E-state index contributed by atoms with van der Waals surface area (Å²) in [4.78, 5) is 5.86. The summed E-state index contributed by atoms with van der Waals surface area (Å²) in [5.41, 5.74) is 8.85. The van der Waals surface area contributed by atoms with Gasteiger partial charge in [0.05, 0.1) is 6.20 Å². The van der Waals surface area contributed by atoms with E-state index in [2.05, 4.69) is 15.5 Å². The number of rotatable bonds is 2. The molecule has 3 N–H and O–H groups in total. The molecule has 1 fully saturated rings. The number of hydrogen-bond donors (Lipinski definition) is 2. The molecular formula is C11H14FN5S. The minimum absolute atomic E-state index is 0.177. The molecule has 0 saturated carbocycles. The third-order valence-electron chi connectivity index (χ3n) is 2.66. The van der Waals surface area contributed by atoms with E-state index in [1.807, 2.05) is 4.90 Å². The predicted octanol–water partition coefficient (Wildman–Crippen LogP) is 0.811. The number of halogens is 1. The van der Waals surface area contributed by atoms with Crippen LogP contribution >= 0.6 is 12.2 Å². The van der Waals surface area contributed by atoms with Crippen molar-refractivity contribution in [1.82, 2.24) is 15.3 Å². The molecule has 18 heavy (non-hydrogen) atoms. The second-order valence-electron chi connectivity index (χ2n) is 3.97. The van der Waals surface area contributed by atoms with Gasteiger partial charge in [-0.1, -0.05) is 0 Å². The van der Waals surface area contributed by atoms with Crippen LogP contribution in [-0.4, -0.2) is 33.9 Å². The molecule has 0 aromatic carbocycles. The number of nitrogens with two attached hydrogens (primary N) is 1. The molecule has 1 aromatic heterocycles. The molecule has 0 radical (unpaired) electrons. The van der Waals surface area contributed by atoms with Gasteiger partial charge in [0.15, 0.2) is 10.9 Å². The Morgan fingerprint density at radius 1 is 1.44 bits per heavy atom. The molecule has 1 aliphatic rings. The van der Waals surface area contributed by atoms with E-state index < -0.39 is 5.82 Å². The molecule has 0 aliphatic carbocycles. The van der Waals surface area contributed by atoms with Crippen molar-refractivity contribution in [3.05, 3.63) is 29.8 Å². The minimum atomic E-state index is -0.410. The van der Waals surface area contributed by atoms with Gasteiger partial charge in [0.1, 0.15) is 11.5 Å². The summed E-state index contributed by atoms with van der Waals surface area (Å²) < 4.78 is 12.7. The Morgan fingerprint density at radius 2 is 2.17 bits per heavy atom. The second-order valence-corrected chi connectivity index (χ2v) is 4.36. The summed E-state index contributed by atoms with van der Waals surface area (Å²) in [6, 6.07) is 2.75. The molecule has 96 valence electrons. The van der Waals surface area contributed by atoms with Crippen molar-refractivity contribution in [1.29, 1.82) is 0 Å². The highest BCUT2D eigenvalue weighted by Gasteiger charge is 2.14. The van der Waals surface area contributed by atoms with Gasteiger partial charge in [0.2, 0.25) is 0 Å². The maximum atomic E-state index is 12.7. The highest BCUT2D eigenvalue weighted by molar-refractivity contribution is 7.80. The Hall–Kier alpha value is -1.76. The van der Waals surface area contributed by atoms with Crippen LogP contribution in [0.15, 0.2) is 23.4 Å². The maximum Gasteiger partial charge on any atom is 0.189 e. The minimum Gasteiger partial charge on any atom is -0.380 e. The van der Waals surface area contributed by atoms with Gasteiger partial charge in [0, 0.05) is 13.1 Å². The lowest BCUT2D eigenvalue weighted by atomic mass is 10.3. The summed E-state index contributed by atoms with van der Waals surface area (Å²) in [5.74, 6) is -0.233. The third-order valence-corrected chi connectivity index (χ3v) is 3.00. The Kier molecular flexibility index (Phi) is 4.03. The van der Waals surface area contributed by atoms with E-state index in [-0.39, 0.29) is 5.84 Å². The average Bonchev–Trinajstić information content (AvgIpc) is 2.90. The Morgan fingerprint density at radius 3 is 2.78 bits per heavy atom. The van der Waals surface area contributed by atoms with Gasteiger partial charge >= 0.3 is 0 Å². The molecule has 0 unspecified atom stereocenters. The second kappa shape index (κ2) is 5.72. The first-order valence-electron chi connectivity index (χ1n) is 5.67. The number of thiocarbonyl (C=S) groups is 1. The number of amidine groups is 1. The van der Waals surface area contributed by atoms with E-state index in [0.29, 0.717) is 10.8 Å². The van der Waals surface area contributed by atoms with Gasteiger partial charge in [-0.2, -0.15) is 5.10 Å². The molecule has 2 rings (SSSR count). The number of pyridine rings is 1. The number of hydrogen-bond acceptors (Lipinski definition) is 3. The Balaban J connectivity index is 1.95. The van der Waals surface area contributed by atoms with Crippen molar-refractivity contribution in [3.63, 3.8) is 0 Å². The topological polar surface area (TPSA) is 66.5 Å². The maximum absolute atomic E-state index is 12.7. The zero-order valence-electron chi connectivity index (χ0n) is 9.77. The van der Waals surface area contributed by atoms with Crippen LogP contribution < -0.4 is 11.2 Å². The van der Waals surface area contributed by atoms with Crippen LogP contribution in [0.2, 0.25) is 0 Å². The standard InChI is InChI=1S/C11H14FN5S/c12-8-3-4-9(14-7-8)10(13)15-16-11(18)17-5-1-2-6-17/h3-4,7H,1-2,5-6H2,(H2,13,15)(H,16,18). The van der Waals surface area contributed by atoms with Gasteiger partial charge in [-0.15, -0.1) is 0 Å². The van der Waals surface area contributed by atoms with Crippen molar-refractivity contribution in [2.45, 2.75) is 12.8 Å². The normalized spacial score (nSPS) is 15.8. The highest BCUT2D eigenvalue weighted by Crippen LogP contribution is 2.07. The molecule has 0 atom stereocenters. The van der Waals surface area contributed by atoms with Gasteiger partial charge in [0.25, 0.3) is 0 Å². The Labute approximate surface area is 110 Å². The van der Waals surface area contributed by atoms with E-state index in [4.69, 9.17) is 18.0 Å². The van der Waals surface area contributed by atoms with Crippen molar-refractivity contribution in [3.8, 4) is 0 Å². The number of nitrogens with one attached hydrogen (secondary N) is 1. The summed E-state index contributed by atoms with van der Waals surface area (Å²) in [7, 11) is 0. The van der Waals surface area contributed by atoms with Crippen molar-refractivity contribution in [2.75, 3.05) is 13.1 Å². The molecule has 0 amide bonds. The van der Waals surface area contributed by atoms with Crippen LogP contribution in [0.5, 0.6) is 0 Å². The van der Waals surface area contributed by atoms with Gasteiger partial charge in [-0.05, 0) is 37.2 Å². The van der Waals surface area contributed by atoms with Crippen LogP contribution in [0.25, 0.3) is 0 Å². The number of aromatic nitrogens is 1. The SMILES string of the molecule is N/C(=N\NC(=S)N1CCCC1)c1ccc(F)cn1. The summed E-state index contributed by atoms with van der Waals surface area (Å²) in [6.07, 6.45) is 3.37. The molecule has 0 spiro atoms. The lowest BCUT2D eigenvalue weighted by Crippen LogP contribution is -2.36. The quantitative estimate of drug-likeness (QED) is 0.359. The fourth-order valence-corrected chi connectivity index (χ4v) is 1.91. The monoisotopic (exact) mass is 267 g/mol. The first-order chi connectivity index (χ1) is 8.66. The lowest BCUT2D eigenvalue weighted by molar-refractivity contribution is 0.509. The molecule has 0 bridgehead atoms. The Bertz CT molecular complexity index is 453. The van der Waals surface area contributed by atoms with Crippen LogP contribution in [0.4, 0.5) is 4.39 Å². The van der Waals surface area contributed by atoms with Crippen LogP contribution in [0.1, 0.15) is 18.5 Å². The molecule has 5 nitrogen and oxygen atoms in total. The van der Waals surface area contributed by atoms with E-state index in [0.717, 1.165) is 32.1 Å². The van der Waals surface area contributed by atoms with Gasteiger partial charge < -0.3 is 10.6 Å². The van der Waals surface area contributed by atoms with Crippen molar-refractivity contribution in [2.24, 2.45) is 10.8 Å². The first-order valence-corrected chi connectivity index (χ1v) is 6.07. The van der Waals surface area contributed by atoms with Crippen molar-refractivity contribution < 1.29 is 4.39 Å². The summed E-state index contributed by atoms with van der Waals surface area (Å²) in [6.45, 7) is 1.88. The van der Waals surface area contributed by atoms with E-state index >= 15 is 0 Å². The summed E-state index contributed by atoms with van der Waals surface area (Å²) >= 11 is 5.17. The fraction of sp³-hybridized carbons (Fsp3) is 0.364. The highest BCUT2D eigenvalue weighted by atomic mass is 32.1. The van der Waals surface area contributed by atoms with Crippen LogP contribution in [-0.2, 0) is 0 Å². The van der Waals surface area contributed by atoms with E-state index in [1.165, 1.54) is 12.1 Å². The van der Waals surface area contributed by atoms with Crippen LogP contribution in [0.3, 0.4) is 0 Å². The first kappa shape index (κ1) is 12.7. The molecular weight excluding hydrogens is 253 g/mol. The predicted molar refractivity (Wildman–Crippen MR) is 71.5 cm³/mol. The fourth-order valence-electron chi connectivity index (χ4n) is 1.68. The van der Waals surface area contributed by atoms with Crippen LogP contribution in [0, 0.1) is 5.82 Å². The smallest absolute Gasteiger partial charge is 0.189 e.